The summed E-state index contributed by atoms with van der Waals surface area (Å²) in [7, 11) is 2.26. The Kier molecular flexibility index (Phi) is 4.76. The number of halogens is 2. The summed E-state index contributed by atoms with van der Waals surface area (Å²) in [4.78, 5) is 9.09. The maximum atomic E-state index is 6.32. The second-order valence-electron chi connectivity index (χ2n) is 7.44. The van der Waals surface area contributed by atoms with Crippen molar-refractivity contribution in [3.63, 3.8) is 0 Å². The van der Waals surface area contributed by atoms with E-state index in [0.29, 0.717) is 27.9 Å². The minimum atomic E-state index is 0.500. The minimum Gasteiger partial charge on any atom is -0.299 e. The van der Waals surface area contributed by atoms with Gasteiger partial charge in [0, 0.05) is 50.2 Å². The maximum absolute atomic E-state index is 6.32. The molecule has 5 heteroatoms. The lowest BCUT2D eigenvalue weighted by molar-refractivity contribution is 0.224. The topological polar surface area (TPSA) is 19.4 Å². The van der Waals surface area contributed by atoms with Crippen LogP contribution in [0.4, 0.5) is 0 Å². The number of aryl methyl sites for hydroxylation is 1. The fraction of sp³-hybridized carbons (Fsp3) is 0.450. The Bertz CT molecular complexity index is 759. The molecule has 3 atom stereocenters. The lowest BCUT2D eigenvalue weighted by Crippen LogP contribution is -2.29. The van der Waals surface area contributed by atoms with Gasteiger partial charge in [0.2, 0.25) is 0 Å². The fourth-order valence-corrected chi connectivity index (χ4v) is 5.16. The molecular weight excluding hydrogens is 353 g/mol. The quantitative estimate of drug-likeness (QED) is 0.790. The average Bonchev–Trinajstić information content (AvgIpc) is 3.08. The molecule has 0 saturated carbocycles. The van der Waals surface area contributed by atoms with Crippen LogP contribution in [0.25, 0.3) is 0 Å². The van der Waals surface area contributed by atoms with Gasteiger partial charge in [-0.2, -0.15) is 0 Å². The molecule has 132 valence electrons. The molecule has 25 heavy (non-hydrogen) atoms. The van der Waals surface area contributed by atoms with Gasteiger partial charge < -0.3 is 0 Å². The highest BCUT2D eigenvalue weighted by molar-refractivity contribution is 6.35. The average molecular weight is 376 g/mol. The maximum Gasteiger partial charge on any atom is 0.0649 e. The first kappa shape index (κ1) is 17.3. The number of hydrogen-bond acceptors (Lipinski definition) is 3. The summed E-state index contributed by atoms with van der Waals surface area (Å²) in [5, 5.41) is 1.33. The van der Waals surface area contributed by atoms with Crippen LogP contribution in [0.3, 0.4) is 0 Å². The van der Waals surface area contributed by atoms with Crippen LogP contribution in [0.2, 0.25) is 10.0 Å². The molecule has 2 aliphatic heterocycles. The van der Waals surface area contributed by atoms with Gasteiger partial charge in [0.05, 0.1) is 10.0 Å². The van der Waals surface area contributed by atoms with E-state index in [0.717, 1.165) is 31.7 Å². The van der Waals surface area contributed by atoms with Gasteiger partial charge in [-0.1, -0.05) is 47.5 Å². The molecule has 0 radical (unpaired) electrons. The van der Waals surface area contributed by atoms with Gasteiger partial charge in [0.25, 0.3) is 0 Å². The third-order valence-corrected chi connectivity index (χ3v) is 6.46. The van der Waals surface area contributed by atoms with Crippen molar-refractivity contribution in [2.45, 2.75) is 19.5 Å². The highest BCUT2D eigenvalue weighted by Gasteiger charge is 2.46. The van der Waals surface area contributed by atoms with E-state index < -0.39 is 0 Å². The smallest absolute Gasteiger partial charge is 0.0649 e. The van der Waals surface area contributed by atoms with E-state index in [-0.39, 0.29) is 0 Å². The van der Waals surface area contributed by atoms with Gasteiger partial charge in [-0.05, 0) is 36.9 Å². The summed E-state index contributed by atoms with van der Waals surface area (Å²) in [6.45, 7) is 6.37. The predicted molar refractivity (Wildman–Crippen MR) is 103 cm³/mol. The second kappa shape index (κ2) is 6.88. The molecule has 4 rings (SSSR count). The first-order chi connectivity index (χ1) is 12.0. The highest BCUT2D eigenvalue weighted by Crippen LogP contribution is 2.45. The molecule has 2 aromatic rings. The summed E-state index contributed by atoms with van der Waals surface area (Å²) < 4.78 is 0. The van der Waals surface area contributed by atoms with Gasteiger partial charge in [0.15, 0.2) is 0 Å². The second-order valence-corrected chi connectivity index (χ2v) is 8.26. The normalized spacial score (nSPS) is 27.0. The van der Waals surface area contributed by atoms with Gasteiger partial charge in [-0.25, -0.2) is 0 Å². The van der Waals surface area contributed by atoms with Gasteiger partial charge in [-0.3, -0.25) is 14.8 Å². The Balaban J connectivity index is 1.55. The Morgan fingerprint density at radius 2 is 1.80 bits per heavy atom. The third-order valence-electron chi connectivity index (χ3n) is 5.81. The zero-order valence-corrected chi connectivity index (χ0v) is 16.1. The van der Waals surface area contributed by atoms with Crippen molar-refractivity contribution in [3.8, 4) is 0 Å². The van der Waals surface area contributed by atoms with Crippen molar-refractivity contribution in [2.75, 3.05) is 26.7 Å². The molecule has 0 spiro atoms. The monoisotopic (exact) mass is 375 g/mol. The summed E-state index contributed by atoms with van der Waals surface area (Å²) >= 11 is 12.6. The Morgan fingerprint density at radius 1 is 1.08 bits per heavy atom. The number of aromatic nitrogens is 1. The first-order valence-corrected chi connectivity index (χ1v) is 9.56. The van der Waals surface area contributed by atoms with Gasteiger partial charge in [0.1, 0.15) is 0 Å². The molecule has 2 saturated heterocycles. The standard InChI is InChI=1S/C20H23Cl2N3/c1-13-5-3-4-6-15(13)20-16-11-25(10-14(16)9-24(20)2)12-17-18(21)7-23-8-19(17)22/h3-8,14,16,20H,9-12H2,1-2H3/t14-,16+,20-/m0/s1. The minimum absolute atomic E-state index is 0.500. The van der Waals surface area contributed by atoms with Gasteiger partial charge >= 0.3 is 0 Å². The van der Waals surface area contributed by atoms with Crippen LogP contribution in [0.5, 0.6) is 0 Å². The Hall–Kier alpha value is -1.13. The van der Waals surface area contributed by atoms with E-state index in [1.807, 2.05) is 0 Å². The zero-order valence-electron chi connectivity index (χ0n) is 14.6. The van der Waals surface area contributed by atoms with Crippen LogP contribution in [0, 0.1) is 18.8 Å². The Labute approximate surface area is 159 Å². The number of pyridine rings is 1. The summed E-state index contributed by atoms with van der Waals surface area (Å²) in [6, 6.07) is 9.30. The van der Waals surface area contributed by atoms with E-state index >= 15 is 0 Å². The van der Waals surface area contributed by atoms with Crippen molar-refractivity contribution >= 4 is 23.2 Å². The highest BCUT2D eigenvalue weighted by atomic mass is 35.5. The van der Waals surface area contributed by atoms with Crippen molar-refractivity contribution in [1.29, 1.82) is 0 Å². The number of nitrogens with zero attached hydrogens (tertiary/aromatic N) is 3. The lowest BCUT2D eigenvalue weighted by Gasteiger charge is -2.28. The summed E-state index contributed by atoms with van der Waals surface area (Å²) in [6.07, 6.45) is 3.37. The molecule has 2 aliphatic rings. The molecule has 1 aromatic heterocycles. The number of likely N-dealkylation sites (tertiary alicyclic amines) is 2. The molecule has 0 unspecified atom stereocenters. The molecule has 0 bridgehead atoms. The number of hydrogen-bond donors (Lipinski definition) is 0. The molecule has 3 nitrogen and oxygen atoms in total. The van der Waals surface area contributed by atoms with Crippen LogP contribution in [0.15, 0.2) is 36.7 Å². The van der Waals surface area contributed by atoms with Crippen LogP contribution in [-0.4, -0.2) is 41.5 Å². The molecule has 3 heterocycles. The molecule has 2 fully saturated rings. The van der Waals surface area contributed by atoms with E-state index in [2.05, 4.69) is 53.0 Å². The van der Waals surface area contributed by atoms with Crippen LogP contribution in [-0.2, 0) is 6.54 Å². The molecule has 0 amide bonds. The third kappa shape index (κ3) is 3.19. The van der Waals surface area contributed by atoms with Crippen molar-refractivity contribution in [3.05, 3.63) is 63.4 Å². The Morgan fingerprint density at radius 3 is 2.52 bits per heavy atom. The molecular formula is C20H23Cl2N3. The summed E-state index contributed by atoms with van der Waals surface area (Å²) in [5.74, 6) is 1.36. The van der Waals surface area contributed by atoms with Crippen LogP contribution in [0.1, 0.15) is 22.7 Å². The van der Waals surface area contributed by atoms with Crippen molar-refractivity contribution in [2.24, 2.45) is 11.8 Å². The van der Waals surface area contributed by atoms with Crippen molar-refractivity contribution in [1.82, 2.24) is 14.8 Å². The number of benzene rings is 1. The van der Waals surface area contributed by atoms with E-state index in [4.69, 9.17) is 23.2 Å². The van der Waals surface area contributed by atoms with Crippen LogP contribution < -0.4 is 0 Å². The number of fused-ring (bicyclic) bond motifs is 1. The zero-order chi connectivity index (χ0) is 17.6. The van der Waals surface area contributed by atoms with E-state index in [1.54, 1.807) is 12.4 Å². The van der Waals surface area contributed by atoms with Crippen molar-refractivity contribution < 1.29 is 0 Å². The number of rotatable bonds is 3. The molecule has 1 aromatic carbocycles. The largest absolute Gasteiger partial charge is 0.299 e. The first-order valence-electron chi connectivity index (χ1n) is 8.80. The van der Waals surface area contributed by atoms with Gasteiger partial charge in [-0.15, -0.1) is 0 Å². The fourth-order valence-electron chi connectivity index (χ4n) is 4.68. The molecule has 0 N–H and O–H groups in total. The predicted octanol–water partition coefficient (Wildman–Crippen LogP) is 4.43. The van der Waals surface area contributed by atoms with Crippen LogP contribution >= 0.6 is 23.2 Å². The molecule has 0 aliphatic carbocycles. The van der Waals surface area contributed by atoms with E-state index in [9.17, 15) is 0 Å². The van der Waals surface area contributed by atoms with E-state index in [1.165, 1.54) is 11.1 Å². The SMILES string of the molecule is Cc1ccccc1[C@H]1[C@@H]2CN(Cc3c(Cl)cncc3Cl)C[C@@H]2CN1C. The summed E-state index contributed by atoms with van der Waals surface area (Å²) in [5.41, 5.74) is 3.86. The lowest BCUT2D eigenvalue weighted by atomic mass is 9.88.